The Morgan fingerprint density at radius 2 is 1.05 bits per heavy atom. The predicted molar refractivity (Wildman–Crippen MR) is 285 cm³/mol. The summed E-state index contributed by atoms with van der Waals surface area (Å²) in [5.41, 5.74) is 13.9. The molecular weight excluding hydrogens is 953 g/mol. The third-order valence-corrected chi connectivity index (χ3v) is 15.6. The van der Waals surface area contributed by atoms with Crippen molar-refractivity contribution in [2.24, 2.45) is 27.7 Å². The van der Waals surface area contributed by atoms with Crippen molar-refractivity contribution in [2.45, 2.75) is 181 Å². The van der Waals surface area contributed by atoms with Crippen LogP contribution in [0.25, 0.3) is 0 Å². The van der Waals surface area contributed by atoms with E-state index in [-0.39, 0.29) is 62.2 Å². The number of nitrogens with two attached hydrogens (primary N) is 2. The second kappa shape index (κ2) is 22.8. The number of nitrogens with one attached hydrogen (secondary N) is 6. The van der Waals surface area contributed by atoms with Crippen LogP contribution in [0.1, 0.15) is 142 Å². The van der Waals surface area contributed by atoms with Crippen molar-refractivity contribution in [3.05, 3.63) is 94.6 Å². The zero-order valence-electron chi connectivity index (χ0n) is 45.2. The fraction of sp³-hybridized carbons (Fsp3) is 0.579. The molecule has 0 saturated carbocycles. The van der Waals surface area contributed by atoms with Gasteiger partial charge in [0.05, 0.1) is 29.6 Å². The molecule has 0 aromatic heterocycles. The van der Waals surface area contributed by atoms with E-state index in [0.717, 1.165) is 60.8 Å². The molecule has 0 spiro atoms. The molecule has 2 aliphatic heterocycles. The van der Waals surface area contributed by atoms with E-state index in [1.54, 1.807) is 25.2 Å². The fourth-order valence-electron chi connectivity index (χ4n) is 11.1. The van der Waals surface area contributed by atoms with Gasteiger partial charge in [0, 0.05) is 30.7 Å². The molecule has 10 N–H and O–H groups in total. The van der Waals surface area contributed by atoms with Crippen LogP contribution in [0, 0.1) is 16.2 Å². The number of allylic oxidation sites excluding steroid dienone is 1. The molecule has 2 heterocycles. The summed E-state index contributed by atoms with van der Waals surface area (Å²) < 4.78 is 0. The van der Waals surface area contributed by atoms with Crippen LogP contribution < -0.4 is 43.4 Å². The summed E-state index contributed by atoms with van der Waals surface area (Å²) in [4.78, 5) is 115. The van der Waals surface area contributed by atoms with Crippen molar-refractivity contribution in [3.63, 3.8) is 0 Å². The highest BCUT2D eigenvalue weighted by molar-refractivity contribution is 5.99. The monoisotopic (exact) mass is 1030 g/mol. The molecule has 11 atom stereocenters. The number of rotatable bonds is 14. The Hall–Kier alpha value is -6.40. The molecule has 18 nitrogen and oxygen atoms in total. The van der Waals surface area contributed by atoms with Crippen molar-refractivity contribution in [1.82, 2.24) is 41.7 Å². The average molecular weight is 1030 g/mol. The van der Waals surface area contributed by atoms with Crippen molar-refractivity contribution in [3.8, 4) is 0 Å². The molecule has 3 aliphatic carbocycles. The van der Waals surface area contributed by atoms with E-state index in [9.17, 15) is 38.4 Å². The molecule has 75 heavy (non-hydrogen) atoms. The summed E-state index contributed by atoms with van der Waals surface area (Å²) in [6.07, 6.45) is 10.4. The van der Waals surface area contributed by atoms with Crippen LogP contribution in [0.2, 0.25) is 0 Å². The summed E-state index contributed by atoms with van der Waals surface area (Å²) in [7, 11) is 0. The van der Waals surface area contributed by atoms with Gasteiger partial charge in [0.15, 0.2) is 0 Å². The first-order valence-electron chi connectivity index (χ1n) is 26.8. The van der Waals surface area contributed by atoms with Gasteiger partial charge in [-0.1, -0.05) is 108 Å². The van der Waals surface area contributed by atoms with Crippen LogP contribution in [-0.4, -0.2) is 118 Å². The topological polar surface area (TPSA) is 267 Å². The normalized spacial score (nSPS) is 26.0. The van der Waals surface area contributed by atoms with Crippen LogP contribution >= 0.6 is 0 Å². The molecule has 2 aromatic carbocycles. The lowest BCUT2D eigenvalue weighted by Crippen LogP contribution is -2.59. The highest BCUT2D eigenvalue weighted by Gasteiger charge is 2.49. The number of amides is 8. The molecule has 8 amide bonds. The van der Waals surface area contributed by atoms with E-state index in [0.29, 0.717) is 5.57 Å². The number of carbonyl (C=O) groups excluding carboxylic acids is 8. The van der Waals surface area contributed by atoms with E-state index in [2.05, 4.69) is 44.0 Å². The van der Waals surface area contributed by atoms with E-state index in [4.69, 9.17) is 11.5 Å². The third kappa shape index (κ3) is 13.0. The smallest absolute Gasteiger partial charge is 0.251 e. The van der Waals surface area contributed by atoms with Crippen LogP contribution in [0.5, 0.6) is 0 Å². The molecule has 5 aliphatic rings. The number of fused-ring (bicyclic) bond motifs is 2. The lowest BCUT2D eigenvalue weighted by atomic mass is 9.80. The largest absolute Gasteiger partial charge is 0.351 e. The fourth-order valence-corrected chi connectivity index (χ4v) is 11.1. The first kappa shape index (κ1) is 56.3. The highest BCUT2D eigenvalue weighted by Crippen LogP contribution is 2.35. The molecule has 2 fully saturated rings. The lowest BCUT2D eigenvalue weighted by Gasteiger charge is -2.36. The molecule has 7 rings (SSSR count). The van der Waals surface area contributed by atoms with Gasteiger partial charge < -0.3 is 53.2 Å². The molecule has 2 aromatic rings. The summed E-state index contributed by atoms with van der Waals surface area (Å²) in [6, 6.07) is 8.50. The van der Waals surface area contributed by atoms with Crippen molar-refractivity contribution in [2.75, 3.05) is 13.1 Å². The Labute approximate surface area is 441 Å². The maximum atomic E-state index is 14.6. The van der Waals surface area contributed by atoms with E-state index in [1.807, 2.05) is 77.9 Å². The minimum Gasteiger partial charge on any atom is -0.351 e. The van der Waals surface area contributed by atoms with Gasteiger partial charge in [-0.15, -0.1) is 0 Å². The van der Waals surface area contributed by atoms with E-state index < -0.39 is 94.1 Å². The number of hydrogen-bond acceptors (Lipinski definition) is 10. The second-order valence-corrected chi connectivity index (χ2v) is 23.9. The summed E-state index contributed by atoms with van der Waals surface area (Å²) >= 11 is 0. The van der Waals surface area contributed by atoms with Gasteiger partial charge in [-0.05, 0) is 112 Å². The molecule has 0 radical (unpaired) electrons. The van der Waals surface area contributed by atoms with Gasteiger partial charge >= 0.3 is 0 Å². The summed E-state index contributed by atoms with van der Waals surface area (Å²) in [5.74, 6) is -3.46. The second-order valence-electron chi connectivity index (χ2n) is 23.9. The Morgan fingerprint density at radius 1 is 0.627 bits per heavy atom. The zero-order chi connectivity index (χ0) is 54.7. The number of aryl methyl sites for hydroxylation is 2. The third-order valence-electron chi connectivity index (χ3n) is 15.6. The zero-order valence-corrected chi connectivity index (χ0v) is 45.2. The number of carbonyl (C=O) groups is 8. The maximum Gasteiger partial charge on any atom is 0.251 e. The quantitative estimate of drug-likeness (QED) is 0.137. The lowest BCUT2D eigenvalue weighted by molar-refractivity contribution is -0.144. The Balaban J connectivity index is 1.04. The summed E-state index contributed by atoms with van der Waals surface area (Å²) in [5, 5.41) is 18.2. The van der Waals surface area contributed by atoms with Gasteiger partial charge in [0.25, 0.3) is 5.91 Å². The Bertz CT molecular complexity index is 2600. The number of nitrogens with zero attached hydrogens (tertiary/aromatic N) is 2. The number of hydrogen-bond donors (Lipinski definition) is 8. The molecule has 18 heteroatoms. The average Bonchev–Trinajstić information content (AvgIpc) is 3.99. The Kier molecular flexibility index (Phi) is 17.1. The maximum absolute atomic E-state index is 14.6. The minimum absolute atomic E-state index is 0.00451. The van der Waals surface area contributed by atoms with Crippen molar-refractivity contribution >= 4 is 47.3 Å². The van der Waals surface area contributed by atoms with Gasteiger partial charge in [0.1, 0.15) is 24.2 Å². The Morgan fingerprint density at radius 3 is 1.45 bits per heavy atom. The molecular formula is C57H80N10O8. The van der Waals surface area contributed by atoms with Crippen LogP contribution in [-0.2, 0) is 51.2 Å². The van der Waals surface area contributed by atoms with Gasteiger partial charge in [-0.3, -0.25) is 38.4 Å². The van der Waals surface area contributed by atoms with Crippen LogP contribution in [0.15, 0.2) is 72.3 Å². The van der Waals surface area contributed by atoms with E-state index >= 15 is 0 Å². The first-order chi connectivity index (χ1) is 35.2. The van der Waals surface area contributed by atoms with Crippen molar-refractivity contribution < 1.29 is 38.4 Å². The van der Waals surface area contributed by atoms with Gasteiger partial charge in [-0.25, -0.2) is 0 Å². The SMILES string of the molecule is C[C@H](N)C(=O)N[C@H](C(=O)N1C[C@@H](NC(=O)C2=CCC(C)(C(=O)N[C@H]3C[C@@H](C(=O)N[C@@H]4CCCc5ccccc54)N(C(=O)[C@@H](NC(=O)[C@H](C)N)C(C)(C)C)C3)C=C2)C[C@H]1C(=O)N[C@@H]1CCCc2ccccc21)C(C)(C)C. The van der Waals surface area contributed by atoms with Crippen LogP contribution in [0.3, 0.4) is 0 Å². The van der Waals surface area contributed by atoms with Gasteiger partial charge in [0.2, 0.25) is 41.4 Å². The molecule has 2 saturated heterocycles. The van der Waals surface area contributed by atoms with Crippen molar-refractivity contribution in [1.29, 1.82) is 0 Å². The minimum atomic E-state index is -1.12. The van der Waals surface area contributed by atoms with Crippen LogP contribution in [0.4, 0.5) is 0 Å². The number of likely N-dealkylation sites (tertiary alicyclic amines) is 2. The molecule has 406 valence electrons. The highest BCUT2D eigenvalue weighted by atomic mass is 16.2. The summed E-state index contributed by atoms with van der Waals surface area (Å²) in [6.45, 7) is 15.8. The first-order valence-corrected chi connectivity index (χ1v) is 26.8. The van der Waals surface area contributed by atoms with Gasteiger partial charge in [-0.2, -0.15) is 0 Å². The predicted octanol–water partition coefficient (Wildman–Crippen LogP) is 3.19. The van der Waals surface area contributed by atoms with E-state index in [1.165, 1.54) is 23.6 Å². The number of benzene rings is 2. The molecule has 0 bridgehead atoms. The molecule has 1 unspecified atom stereocenters. The standard InChI is InChI=1S/C57H80N10O8/c1-32(58)47(68)64-45(55(3,4)5)52(73)66-30-37(28-43(66)50(71)62-41-22-14-18-34-16-10-12-20-39(34)41)60-49(70)36-24-26-57(9,27-25-36)54(75)61-38-29-44(51(72)63-42-23-15-19-35-17-11-13-21-40(35)42)67(31-38)53(74)46(56(6,7)8)65-48(69)33(2)59/h10-13,16-17,20-21,24-26,32-33,37-38,41-46H,14-15,18-19,22-23,27-31,58-59H2,1-9H3,(H,60,70)(H,61,75)(H,62,71)(H,63,72)(H,64,68)(H,65,69)/t32-,33-,37-,38-,41+,42+,43-,44-,45+,46+,57?/m0/s1.